The quantitative estimate of drug-likeness (QED) is 0.728. The van der Waals surface area contributed by atoms with Gasteiger partial charge in [0.15, 0.2) is 0 Å². The summed E-state index contributed by atoms with van der Waals surface area (Å²) >= 11 is 0. The summed E-state index contributed by atoms with van der Waals surface area (Å²) in [5, 5.41) is 0. The maximum absolute atomic E-state index is 5.65. The Balaban J connectivity index is 1.73. The third-order valence-corrected chi connectivity index (χ3v) is 2.46. The summed E-state index contributed by atoms with van der Waals surface area (Å²) in [5.74, 6) is 0. The molecule has 0 bridgehead atoms. The SMILES string of the molecule is CC1(COCc2ccccc2)COC1. The van der Waals surface area contributed by atoms with Crippen LogP contribution >= 0.6 is 0 Å². The molecule has 0 N–H and O–H groups in total. The number of hydrogen-bond acceptors (Lipinski definition) is 2. The van der Waals surface area contributed by atoms with E-state index in [1.165, 1.54) is 5.56 Å². The van der Waals surface area contributed by atoms with Crippen molar-refractivity contribution in [2.45, 2.75) is 13.5 Å². The highest BCUT2D eigenvalue weighted by Gasteiger charge is 2.33. The Morgan fingerprint density at radius 3 is 2.57 bits per heavy atom. The fourth-order valence-corrected chi connectivity index (χ4v) is 1.52. The summed E-state index contributed by atoms with van der Waals surface area (Å²) in [6.45, 7) is 5.36. The van der Waals surface area contributed by atoms with Crippen LogP contribution in [0.1, 0.15) is 12.5 Å². The van der Waals surface area contributed by atoms with E-state index in [1.54, 1.807) is 0 Å². The molecule has 1 aromatic rings. The zero-order valence-electron chi connectivity index (χ0n) is 8.53. The number of rotatable bonds is 4. The molecule has 1 aliphatic heterocycles. The first kappa shape index (κ1) is 9.69. The second-order valence-electron chi connectivity index (χ2n) is 4.28. The predicted octanol–water partition coefficient (Wildman–Crippen LogP) is 2.24. The molecule has 0 radical (unpaired) electrons. The smallest absolute Gasteiger partial charge is 0.0717 e. The van der Waals surface area contributed by atoms with Crippen molar-refractivity contribution in [1.82, 2.24) is 0 Å². The van der Waals surface area contributed by atoms with Crippen LogP contribution < -0.4 is 0 Å². The van der Waals surface area contributed by atoms with Crippen molar-refractivity contribution < 1.29 is 9.47 Å². The van der Waals surface area contributed by atoms with E-state index in [2.05, 4.69) is 19.1 Å². The van der Waals surface area contributed by atoms with Crippen molar-refractivity contribution in [1.29, 1.82) is 0 Å². The largest absolute Gasteiger partial charge is 0.380 e. The Kier molecular flexibility index (Phi) is 2.85. The molecule has 2 heteroatoms. The third kappa shape index (κ3) is 2.34. The standard InChI is InChI=1S/C12H16O2/c1-12(9-14-10-12)8-13-7-11-5-3-2-4-6-11/h2-6H,7-10H2,1H3. The van der Waals surface area contributed by atoms with Crippen molar-refractivity contribution >= 4 is 0 Å². The molecule has 0 spiro atoms. The fraction of sp³-hybridized carbons (Fsp3) is 0.500. The summed E-state index contributed by atoms with van der Waals surface area (Å²) in [5.41, 5.74) is 1.49. The molecule has 0 saturated carbocycles. The lowest BCUT2D eigenvalue weighted by Gasteiger charge is -2.37. The summed E-state index contributed by atoms with van der Waals surface area (Å²) in [4.78, 5) is 0. The first-order valence-corrected chi connectivity index (χ1v) is 4.98. The molecule has 2 nitrogen and oxygen atoms in total. The minimum Gasteiger partial charge on any atom is -0.380 e. The molecule has 2 rings (SSSR count). The average molecular weight is 192 g/mol. The van der Waals surface area contributed by atoms with E-state index in [1.807, 2.05) is 18.2 Å². The maximum Gasteiger partial charge on any atom is 0.0717 e. The van der Waals surface area contributed by atoms with Gasteiger partial charge in [-0.15, -0.1) is 0 Å². The fourth-order valence-electron chi connectivity index (χ4n) is 1.52. The summed E-state index contributed by atoms with van der Waals surface area (Å²) in [6, 6.07) is 10.3. The Labute approximate surface area is 84.8 Å². The molecule has 1 aliphatic rings. The summed E-state index contributed by atoms with van der Waals surface area (Å²) < 4.78 is 10.8. The monoisotopic (exact) mass is 192 g/mol. The van der Waals surface area contributed by atoms with Crippen LogP contribution in [0.4, 0.5) is 0 Å². The van der Waals surface area contributed by atoms with Gasteiger partial charge < -0.3 is 9.47 Å². The van der Waals surface area contributed by atoms with Crippen LogP contribution in [0, 0.1) is 5.41 Å². The topological polar surface area (TPSA) is 18.5 Å². The molecule has 14 heavy (non-hydrogen) atoms. The highest BCUT2D eigenvalue weighted by atomic mass is 16.5. The van der Waals surface area contributed by atoms with Gasteiger partial charge in [-0.2, -0.15) is 0 Å². The highest BCUT2D eigenvalue weighted by Crippen LogP contribution is 2.26. The lowest BCUT2D eigenvalue weighted by Crippen LogP contribution is -2.43. The van der Waals surface area contributed by atoms with Crippen molar-refractivity contribution in [2.75, 3.05) is 19.8 Å². The molecule has 0 aromatic heterocycles. The van der Waals surface area contributed by atoms with Gasteiger partial charge in [-0.25, -0.2) is 0 Å². The van der Waals surface area contributed by atoms with Gasteiger partial charge in [0.25, 0.3) is 0 Å². The predicted molar refractivity (Wildman–Crippen MR) is 55.0 cm³/mol. The van der Waals surface area contributed by atoms with Crippen LogP contribution in [-0.2, 0) is 16.1 Å². The van der Waals surface area contributed by atoms with Crippen LogP contribution in [0.3, 0.4) is 0 Å². The van der Waals surface area contributed by atoms with Crippen LogP contribution in [0.15, 0.2) is 30.3 Å². The number of benzene rings is 1. The Morgan fingerprint density at radius 1 is 1.29 bits per heavy atom. The van der Waals surface area contributed by atoms with E-state index < -0.39 is 0 Å². The molecular weight excluding hydrogens is 176 g/mol. The summed E-state index contributed by atoms with van der Waals surface area (Å²) in [7, 11) is 0. The molecule has 0 unspecified atom stereocenters. The molecule has 1 saturated heterocycles. The molecule has 1 aromatic carbocycles. The van der Waals surface area contributed by atoms with E-state index in [0.717, 1.165) is 19.8 Å². The molecule has 0 aliphatic carbocycles. The van der Waals surface area contributed by atoms with Gasteiger partial charge in [0.2, 0.25) is 0 Å². The first-order chi connectivity index (χ1) is 6.79. The van der Waals surface area contributed by atoms with Gasteiger partial charge in [-0.3, -0.25) is 0 Å². The second kappa shape index (κ2) is 4.11. The average Bonchev–Trinajstić information content (AvgIpc) is 2.17. The number of ether oxygens (including phenoxy) is 2. The normalized spacial score (nSPS) is 18.9. The Morgan fingerprint density at radius 2 is 2.00 bits per heavy atom. The zero-order chi connectivity index (χ0) is 9.86. The van der Waals surface area contributed by atoms with Gasteiger partial charge in [0.1, 0.15) is 0 Å². The van der Waals surface area contributed by atoms with Crippen molar-refractivity contribution in [3.63, 3.8) is 0 Å². The lowest BCUT2D eigenvalue weighted by atomic mass is 9.90. The van der Waals surface area contributed by atoms with E-state index in [9.17, 15) is 0 Å². The molecular formula is C12H16O2. The van der Waals surface area contributed by atoms with Gasteiger partial charge in [-0.1, -0.05) is 37.3 Å². The minimum atomic E-state index is 0.259. The minimum absolute atomic E-state index is 0.259. The van der Waals surface area contributed by atoms with E-state index in [-0.39, 0.29) is 5.41 Å². The Hall–Kier alpha value is -0.860. The third-order valence-electron chi connectivity index (χ3n) is 2.46. The van der Waals surface area contributed by atoms with Gasteiger partial charge in [0.05, 0.1) is 26.4 Å². The molecule has 0 amide bonds. The molecule has 76 valence electrons. The van der Waals surface area contributed by atoms with Crippen LogP contribution in [0.5, 0.6) is 0 Å². The molecule has 0 atom stereocenters. The molecule has 1 fully saturated rings. The summed E-state index contributed by atoms with van der Waals surface area (Å²) in [6.07, 6.45) is 0. The van der Waals surface area contributed by atoms with Crippen LogP contribution in [0.25, 0.3) is 0 Å². The second-order valence-corrected chi connectivity index (χ2v) is 4.28. The van der Waals surface area contributed by atoms with Gasteiger partial charge >= 0.3 is 0 Å². The zero-order valence-corrected chi connectivity index (χ0v) is 8.53. The van der Waals surface area contributed by atoms with E-state index >= 15 is 0 Å². The Bertz CT molecular complexity index is 278. The molecule has 1 heterocycles. The van der Waals surface area contributed by atoms with Gasteiger partial charge in [-0.05, 0) is 5.56 Å². The van der Waals surface area contributed by atoms with Crippen molar-refractivity contribution in [3.05, 3.63) is 35.9 Å². The maximum atomic E-state index is 5.65. The first-order valence-electron chi connectivity index (χ1n) is 4.98. The lowest BCUT2D eigenvalue weighted by molar-refractivity contribution is -0.140. The van der Waals surface area contributed by atoms with Gasteiger partial charge in [0, 0.05) is 5.41 Å². The van der Waals surface area contributed by atoms with E-state index in [0.29, 0.717) is 6.61 Å². The highest BCUT2D eigenvalue weighted by molar-refractivity contribution is 5.13. The number of hydrogen-bond donors (Lipinski definition) is 0. The van der Waals surface area contributed by atoms with Crippen molar-refractivity contribution in [2.24, 2.45) is 5.41 Å². The van der Waals surface area contributed by atoms with Crippen LogP contribution in [0.2, 0.25) is 0 Å². The van der Waals surface area contributed by atoms with Crippen LogP contribution in [-0.4, -0.2) is 19.8 Å². The van der Waals surface area contributed by atoms with E-state index in [4.69, 9.17) is 9.47 Å². The van der Waals surface area contributed by atoms with Crippen molar-refractivity contribution in [3.8, 4) is 0 Å².